The molecule has 3 heteroatoms. The highest BCUT2D eigenvalue weighted by atomic mass is 16.5. The van der Waals surface area contributed by atoms with Crippen LogP contribution in [-0.2, 0) is 0 Å². The van der Waals surface area contributed by atoms with Gasteiger partial charge in [0.2, 0.25) is 5.88 Å². The molecule has 0 radical (unpaired) electrons. The van der Waals surface area contributed by atoms with E-state index in [2.05, 4.69) is 9.98 Å². The van der Waals surface area contributed by atoms with Crippen molar-refractivity contribution in [1.29, 1.82) is 0 Å². The Morgan fingerprint density at radius 2 is 1.94 bits per heavy atom. The molecule has 0 amide bonds. The molecular formula is C15H20N2O. The van der Waals surface area contributed by atoms with E-state index in [0.717, 1.165) is 22.6 Å². The van der Waals surface area contributed by atoms with Crippen LogP contribution in [0.1, 0.15) is 26.3 Å². The van der Waals surface area contributed by atoms with Gasteiger partial charge >= 0.3 is 0 Å². The fraction of sp³-hybridized carbons (Fsp3) is 0.333. The van der Waals surface area contributed by atoms with Gasteiger partial charge in [-0.3, -0.25) is 4.99 Å². The molecule has 3 nitrogen and oxygen atoms in total. The highest BCUT2D eigenvalue weighted by Crippen LogP contribution is 2.11. The third kappa shape index (κ3) is 4.53. The van der Waals surface area contributed by atoms with Crippen LogP contribution in [0.4, 0.5) is 0 Å². The molecule has 0 aliphatic carbocycles. The van der Waals surface area contributed by atoms with Gasteiger partial charge in [0, 0.05) is 25.0 Å². The van der Waals surface area contributed by atoms with Gasteiger partial charge < -0.3 is 4.74 Å². The maximum Gasteiger partial charge on any atom is 0.218 e. The molecule has 0 aliphatic rings. The second-order valence-corrected chi connectivity index (χ2v) is 4.21. The summed E-state index contributed by atoms with van der Waals surface area (Å²) >= 11 is 0. The van der Waals surface area contributed by atoms with Crippen LogP contribution in [0.2, 0.25) is 0 Å². The Morgan fingerprint density at radius 1 is 1.22 bits per heavy atom. The predicted molar refractivity (Wildman–Crippen MR) is 76.1 cm³/mol. The van der Waals surface area contributed by atoms with E-state index in [1.54, 1.807) is 13.2 Å². The van der Waals surface area contributed by atoms with Gasteiger partial charge in [-0.15, -0.1) is 0 Å². The van der Waals surface area contributed by atoms with Gasteiger partial charge in [-0.25, -0.2) is 4.98 Å². The minimum Gasteiger partial charge on any atom is -0.444 e. The van der Waals surface area contributed by atoms with Crippen molar-refractivity contribution in [3.05, 3.63) is 47.4 Å². The number of allylic oxidation sites excluding steroid dienone is 4. The van der Waals surface area contributed by atoms with Crippen LogP contribution in [0.3, 0.4) is 0 Å². The van der Waals surface area contributed by atoms with Crippen molar-refractivity contribution < 1.29 is 4.74 Å². The number of aryl methyl sites for hydroxylation is 1. The quantitative estimate of drug-likeness (QED) is 0.459. The van der Waals surface area contributed by atoms with Crippen LogP contribution in [0.5, 0.6) is 5.88 Å². The lowest BCUT2D eigenvalue weighted by Gasteiger charge is -2.04. The van der Waals surface area contributed by atoms with Gasteiger partial charge in [-0.2, -0.15) is 0 Å². The van der Waals surface area contributed by atoms with Gasteiger partial charge in [0.1, 0.15) is 5.76 Å². The lowest BCUT2D eigenvalue weighted by molar-refractivity contribution is 0.411. The molecule has 0 atom stereocenters. The first-order valence-electron chi connectivity index (χ1n) is 5.92. The van der Waals surface area contributed by atoms with E-state index in [1.165, 1.54) is 0 Å². The summed E-state index contributed by atoms with van der Waals surface area (Å²) in [5.74, 6) is 1.41. The Labute approximate surface area is 109 Å². The van der Waals surface area contributed by atoms with Crippen molar-refractivity contribution in [3.63, 3.8) is 0 Å². The molecule has 0 saturated carbocycles. The fourth-order valence-corrected chi connectivity index (χ4v) is 1.25. The summed E-state index contributed by atoms with van der Waals surface area (Å²) in [6.07, 6.45) is 5.70. The van der Waals surface area contributed by atoms with Crippen molar-refractivity contribution in [1.82, 2.24) is 4.98 Å². The molecule has 0 aliphatic heterocycles. The molecular weight excluding hydrogens is 224 g/mol. The van der Waals surface area contributed by atoms with Crippen LogP contribution in [0.15, 0.2) is 46.8 Å². The third-order valence-corrected chi connectivity index (χ3v) is 2.62. The van der Waals surface area contributed by atoms with Gasteiger partial charge in [0.25, 0.3) is 0 Å². The molecule has 96 valence electrons. The molecule has 1 rings (SSSR count). The van der Waals surface area contributed by atoms with Crippen LogP contribution in [-0.4, -0.2) is 17.7 Å². The molecule has 0 N–H and O–H groups in total. The van der Waals surface area contributed by atoms with E-state index in [-0.39, 0.29) is 0 Å². The first-order chi connectivity index (χ1) is 8.52. The first-order valence-corrected chi connectivity index (χ1v) is 5.92. The largest absolute Gasteiger partial charge is 0.444 e. The SMILES string of the molecule is CN=C(C)/C(C)=C/C=C(\C)Oc1ccc(C)cn1. The summed E-state index contributed by atoms with van der Waals surface area (Å²) in [5, 5.41) is 0. The number of aromatic nitrogens is 1. The number of rotatable bonds is 4. The third-order valence-electron chi connectivity index (χ3n) is 2.62. The van der Waals surface area contributed by atoms with Crippen molar-refractivity contribution in [3.8, 4) is 5.88 Å². The number of hydrogen-bond acceptors (Lipinski definition) is 3. The summed E-state index contributed by atoms with van der Waals surface area (Å²) in [7, 11) is 1.79. The summed E-state index contributed by atoms with van der Waals surface area (Å²) < 4.78 is 5.60. The van der Waals surface area contributed by atoms with Crippen LogP contribution in [0, 0.1) is 6.92 Å². The highest BCUT2D eigenvalue weighted by Gasteiger charge is 1.96. The summed E-state index contributed by atoms with van der Waals surface area (Å²) in [5.41, 5.74) is 3.26. The van der Waals surface area contributed by atoms with E-state index in [0.29, 0.717) is 5.88 Å². The van der Waals surface area contributed by atoms with Crippen molar-refractivity contribution in [2.75, 3.05) is 7.05 Å². The molecule has 0 saturated heterocycles. The van der Waals surface area contributed by atoms with E-state index in [9.17, 15) is 0 Å². The van der Waals surface area contributed by atoms with Gasteiger partial charge in [-0.05, 0) is 44.9 Å². The molecule has 0 bridgehead atoms. The number of aliphatic imine (C=N–C) groups is 1. The smallest absolute Gasteiger partial charge is 0.218 e. The van der Waals surface area contributed by atoms with E-state index < -0.39 is 0 Å². The van der Waals surface area contributed by atoms with Crippen LogP contribution in [0.25, 0.3) is 0 Å². The molecule has 0 spiro atoms. The Hall–Kier alpha value is -1.90. The van der Waals surface area contributed by atoms with E-state index in [4.69, 9.17) is 4.74 Å². The second-order valence-electron chi connectivity index (χ2n) is 4.21. The Balaban J connectivity index is 2.71. The minimum atomic E-state index is 0.612. The Bertz CT molecular complexity index is 482. The molecule has 0 unspecified atom stereocenters. The van der Waals surface area contributed by atoms with Crippen LogP contribution >= 0.6 is 0 Å². The number of hydrogen-bond donors (Lipinski definition) is 0. The monoisotopic (exact) mass is 244 g/mol. The zero-order valence-electron chi connectivity index (χ0n) is 11.7. The number of pyridine rings is 1. The van der Waals surface area contributed by atoms with Gasteiger partial charge in [-0.1, -0.05) is 12.1 Å². The van der Waals surface area contributed by atoms with E-state index in [1.807, 2.05) is 52.0 Å². The average molecular weight is 244 g/mol. The molecule has 0 aromatic carbocycles. The zero-order chi connectivity index (χ0) is 13.5. The standard InChI is InChI=1S/C15H20N2O/c1-11-6-9-15(17-10-11)18-13(3)8-7-12(2)14(4)16-5/h6-10H,1-5H3/b12-7+,13-8+,16-14?. The Morgan fingerprint density at radius 3 is 2.50 bits per heavy atom. The molecule has 1 aromatic heterocycles. The topological polar surface area (TPSA) is 34.5 Å². The zero-order valence-corrected chi connectivity index (χ0v) is 11.7. The maximum atomic E-state index is 5.60. The lowest BCUT2D eigenvalue weighted by Crippen LogP contribution is -1.95. The fourth-order valence-electron chi connectivity index (χ4n) is 1.25. The van der Waals surface area contributed by atoms with E-state index >= 15 is 0 Å². The molecule has 1 heterocycles. The lowest BCUT2D eigenvalue weighted by atomic mass is 10.2. The normalized spacial score (nSPS) is 13.7. The summed E-state index contributed by atoms with van der Waals surface area (Å²) in [4.78, 5) is 8.32. The Kier molecular flexibility index (Phi) is 5.31. The molecule has 18 heavy (non-hydrogen) atoms. The summed E-state index contributed by atoms with van der Waals surface area (Å²) in [6.45, 7) is 7.91. The molecule has 0 fully saturated rings. The van der Waals surface area contributed by atoms with Gasteiger partial charge in [0.05, 0.1) is 0 Å². The second kappa shape index (κ2) is 6.74. The average Bonchev–Trinajstić information content (AvgIpc) is 2.37. The minimum absolute atomic E-state index is 0.612. The predicted octanol–water partition coefficient (Wildman–Crippen LogP) is 3.71. The number of nitrogens with zero attached hydrogens (tertiary/aromatic N) is 2. The number of ether oxygens (including phenoxy) is 1. The van der Waals surface area contributed by atoms with Crippen molar-refractivity contribution in [2.45, 2.75) is 27.7 Å². The van der Waals surface area contributed by atoms with Crippen LogP contribution < -0.4 is 4.74 Å². The van der Waals surface area contributed by atoms with Crippen molar-refractivity contribution in [2.24, 2.45) is 4.99 Å². The molecule has 1 aromatic rings. The maximum absolute atomic E-state index is 5.60. The summed E-state index contributed by atoms with van der Waals surface area (Å²) in [6, 6.07) is 3.84. The highest BCUT2D eigenvalue weighted by molar-refractivity contribution is 5.97. The first kappa shape index (κ1) is 14.2. The van der Waals surface area contributed by atoms with Crippen molar-refractivity contribution >= 4 is 5.71 Å². The van der Waals surface area contributed by atoms with Gasteiger partial charge in [0.15, 0.2) is 0 Å².